The number of benzene rings is 1. The van der Waals surface area contributed by atoms with Gasteiger partial charge in [0, 0.05) is 23.8 Å². The summed E-state index contributed by atoms with van der Waals surface area (Å²) in [7, 11) is 1.63. The van der Waals surface area contributed by atoms with Crippen LogP contribution in [0.5, 0.6) is 5.75 Å². The topological polar surface area (TPSA) is 47.6 Å². The summed E-state index contributed by atoms with van der Waals surface area (Å²) >= 11 is 4.96. The molecule has 0 fully saturated rings. The number of nitrogens with one attached hydrogen (secondary N) is 1. The number of methoxy groups -OCH3 is 1. The zero-order valence-electron chi connectivity index (χ0n) is 12.0. The smallest absolute Gasteiger partial charge is 0.248 e. The Labute approximate surface area is 141 Å². The lowest BCUT2D eigenvalue weighted by Gasteiger charge is -2.06. The molecule has 0 atom stereocenters. The van der Waals surface area contributed by atoms with Crippen molar-refractivity contribution in [2.24, 2.45) is 0 Å². The van der Waals surface area contributed by atoms with Gasteiger partial charge >= 0.3 is 0 Å². The fourth-order valence-corrected chi connectivity index (χ4v) is 2.96. The molecular weight excluding hydrogens is 366 g/mol. The van der Waals surface area contributed by atoms with E-state index in [9.17, 15) is 4.79 Å². The Morgan fingerprint density at radius 2 is 2.00 bits per heavy atom. The fraction of sp³-hybridized carbons (Fsp3) is 0.188. The molecule has 0 saturated carbocycles. The van der Waals surface area contributed by atoms with Gasteiger partial charge in [0.2, 0.25) is 5.91 Å². The molecule has 0 aliphatic carbocycles. The van der Waals surface area contributed by atoms with Crippen LogP contribution in [-0.4, -0.2) is 26.2 Å². The second-order valence-electron chi connectivity index (χ2n) is 4.33. The van der Waals surface area contributed by atoms with Crippen LogP contribution in [0.25, 0.3) is 6.08 Å². The van der Waals surface area contributed by atoms with Crippen molar-refractivity contribution in [1.82, 2.24) is 0 Å². The van der Waals surface area contributed by atoms with Crippen molar-refractivity contribution in [2.75, 3.05) is 25.6 Å². The average Bonchev–Trinajstić information content (AvgIpc) is 2.93. The van der Waals surface area contributed by atoms with E-state index in [0.717, 1.165) is 20.1 Å². The van der Waals surface area contributed by atoms with Gasteiger partial charge in [0.1, 0.15) is 12.4 Å². The van der Waals surface area contributed by atoms with Crippen molar-refractivity contribution in [3.05, 3.63) is 51.1 Å². The Kier molecular flexibility index (Phi) is 6.64. The van der Waals surface area contributed by atoms with E-state index in [1.807, 2.05) is 24.3 Å². The van der Waals surface area contributed by atoms with Crippen molar-refractivity contribution in [3.63, 3.8) is 0 Å². The number of amides is 1. The molecule has 0 aliphatic rings. The van der Waals surface area contributed by atoms with Crippen LogP contribution >= 0.6 is 27.3 Å². The number of ether oxygens (including phenoxy) is 2. The first-order valence-electron chi connectivity index (χ1n) is 6.63. The molecule has 1 aromatic carbocycles. The number of carbonyl (C=O) groups excluding carboxylic acids is 1. The molecule has 4 nitrogen and oxygen atoms in total. The van der Waals surface area contributed by atoms with Gasteiger partial charge in [0.25, 0.3) is 0 Å². The van der Waals surface area contributed by atoms with Gasteiger partial charge in [0.05, 0.1) is 10.4 Å². The first-order chi connectivity index (χ1) is 10.7. The van der Waals surface area contributed by atoms with Crippen LogP contribution in [0.2, 0.25) is 0 Å². The molecule has 0 unspecified atom stereocenters. The molecule has 2 aromatic rings. The van der Waals surface area contributed by atoms with E-state index in [2.05, 4.69) is 21.2 Å². The van der Waals surface area contributed by atoms with Crippen molar-refractivity contribution in [3.8, 4) is 5.75 Å². The third-order valence-electron chi connectivity index (χ3n) is 2.67. The minimum Gasteiger partial charge on any atom is -0.491 e. The first kappa shape index (κ1) is 16.7. The Morgan fingerprint density at radius 3 is 2.64 bits per heavy atom. The van der Waals surface area contributed by atoms with Gasteiger partial charge in [0.15, 0.2) is 0 Å². The summed E-state index contributed by atoms with van der Waals surface area (Å²) in [4.78, 5) is 12.9. The van der Waals surface area contributed by atoms with Crippen LogP contribution < -0.4 is 10.1 Å². The van der Waals surface area contributed by atoms with Gasteiger partial charge in [-0.25, -0.2) is 0 Å². The molecule has 0 bridgehead atoms. The lowest BCUT2D eigenvalue weighted by atomic mass is 10.3. The molecule has 0 spiro atoms. The molecule has 116 valence electrons. The number of anilines is 1. The van der Waals surface area contributed by atoms with Crippen molar-refractivity contribution < 1.29 is 14.3 Å². The third kappa shape index (κ3) is 5.63. The molecule has 1 N–H and O–H groups in total. The maximum atomic E-state index is 11.8. The third-order valence-corrected chi connectivity index (χ3v) is 4.26. The van der Waals surface area contributed by atoms with Crippen LogP contribution in [0.4, 0.5) is 5.69 Å². The number of hydrogen-bond acceptors (Lipinski definition) is 4. The summed E-state index contributed by atoms with van der Waals surface area (Å²) in [5.74, 6) is 0.576. The zero-order chi connectivity index (χ0) is 15.8. The Bertz CT molecular complexity index is 637. The maximum Gasteiger partial charge on any atom is 0.248 e. The Balaban J connectivity index is 1.84. The molecule has 1 heterocycles. The van der Waals surface area contributed by atoms with Crippen LogP contribution in [-0.2, 0) is 9.53 Å². The van der Waals surface area contributed by atoms with Gasteiger partial charge in [-0.2, -0.15) is 0 Å². The van der Waals surface area contributed by atoms with Gasteiger partial charge in [-0.1, -0.05) is 0 Å². The van der Waals surface area contributed by atoms with E-state index >= 15 is 0 Å². The summed E-state index contributed by atoms with van der Waals surface area (Å²) in [6, 6.07) is 11.1. The lowest BCUT2D eigenvalue weighted by molar-refractivity contribution is -0.111. The molecular formula is C16H16BrNO3S. The van der Waals surface area contributed by atoms with E-state index in [1.54, 1.807) is 36.7 Å². The van der Waals surface area contributed by atoms with Gasteiger partial charge < -0.3 is 14.8 Å². The predicted molar refractivity (Wildman–Crippen MR) is 93.5 cm³/mol. The molecule has 1 amide bonds. The second kappa shape index (κ2) is 8.73. The largest absolute Gasteiger partial charge is 0.491 e. The number of halogens is 1. The van der Waals surface area contributed by atoms with Crippen molar-refractivity contribution >= 4 is 44.9 Å². The fourth-order valence-electron chi connectivity index (χ4n) is 1.64. The lowest BCUT2D eigenvalue weighted by Crippen LogP contribution is -2.08. The SMILES string of the molecule is COCCOc1ccc(NC(=O)/C=C/c2ccc(Br)s2)cc1. The number of carbonyl (C=O) groups is 1. The number of rotatable bonds is 7. The summed E-state index contributed by atoms with van der Waals surface area (Å²) < 4.78 is 11.4. The second-order valence-corrected chi connectivity index (χ2v) is 6.82. The summed E-state index contributed by atoms with van der Waals surface area (Å²) in [6.07, 6.45) is 3.30. The maximum absolute atomic E-state index is 11.8. The molecule has 0 aliphatic heterocycles. The highest BCUT2D eigenvalue weighted by Crippen LogP contribution is 2.23. The highest BCUT2D eigenvalue weighted by molar-refractivity contribution is 9.11. The van der Waals surface area contributed by atoms with E-state index in [-0.39, 0.29) is 5.91 Å². The summed E-state index contributed by atoms with van der Waals surface area (Å²) in [6.45, 7) is 1.05. The standard InChI is InChI=1S/C16H16BrNO3S/c1-20-10-11-21-13-4-2-12(3-5-13)18-16(19)9-7-14-6-8-15(17)22-14/h2-9H,10-11H2,1H3,(H,18,19)/b9-7+. The monoisotopic (exact) mass is 381 g/mol. The van der Waals surface area contributed by atoms with Crippen LogP contribution in [0, 0.1) is 0 Å². The number of thiophene rings is 1. The van der Waals surface area contributed by atoms with E-state index in [4.69, 9.17) is 9.47 Å². The van der Waals surface area contributed by atoms with Crippen molar-refractivity contribution in [1.29, 1.82) is 0 Å². The molecule has 0 radical (unpaired) electrons. The number of hydrogen-bond donors (Lipinski definition) is 1. The normalized spacial score (nSPS) is 10.8. The summed E-state index contributed by atoms with van der Waals surface area (Å²) in [5, 5.41) is 2.80. The van der Waals surface area contributed by atoms with Gasteiger partial charge in [-0.05, 0) is 58.4 Å². The molecule has 0 saturated heterocycles. The van der Waals surface area contributed by atoms with Crippen molar-refractivity contribution in [2.45, 2.75) is 0 Å². The van der Waals surface area contributed by atoms with Crippen LogP contribution in [0.1, 0.15) is 4.88 Å². The quantitative estimate of drug-likeness (QED) is 0.577. The summed E-state index contributed by atoms with van der Waals surface area (Å²) in [5.41, 5.74) is 0.723. The minimum absolute atomic E-state index is 0.169. The molecule has 1 aromatic heterocycles. The minimum atomic E-state index is -0.169. The van der Waals surface area contributed by atoms with E-state index in [1.165, 1.54) is 6.08 Å². The highest BCUT2D eigenvalue weighted by atomic mass is 79.9. The van der Waals surface area contributed by atoms with Gasteiger partial charge in [-0.3, -0.25) is 4.79 Å². The predicted octanol–water partition coefficient (Wildman–Crippen LogP) is 4.19. The Hall–Kier alpha value is -1.63. The molecule has 2 rings (SSSR count). The van der Waals surface area contributed by atoms with Crippen LogP contribution in [0.15, 0.2) is 46.3 Å². The first-order valence-corrected chi connectivity index (χ1v) is 8.24. The van der Waals surface area contributed by atoms with E-state index < -0.39 is 0 Å². The highest BCUT2D eigenvalue weighted by Gasteiger charge is 2.00. The van der Waals surface area contributed by atoms with Gasteiger partial charge in [-0.15, -0.1) is 11.3 Å². The average molecular weight is 382 g/mol. The Morgan fingerprint density at radius 1 is 1.23 bits per heavy atom. The molecule has 22 heavy (non-hydrogen) atoms. The molecule has 6 heteroatoms. The van der Waals surface area contributed by atoms with Crippen LogP contribution in [0.3, 0.4) is 0 Å². The van der Waals surface area contributed by atoms with E-state index in [0.29, 0.717) is 13.2 Å². The zero-order valence-corrected chi connectivity index (χ0v) is 14.4.